The molecule has 0 unspecified atom stereocenters. The van der Waals surface area contributed by atoms with Crippen LogP contribution in [0.25, 0.3) is 11.3 Å². The summed E-state index contributed by atoms with van der Waals surface area (Å²) in [6, 6.07) is 16.8. The number of ether oxygens (including phenoxy) is 1. The van der Waals surface area contributed by atoms with E-state index >= 15 is 0 Å². The van der Waals surface area contributed by atoms with E-state index in [2.05, 4.69) is 25.7 Å². The van der Waals surface area contributed by atoms with Gasteiger partial charge in [0.2, 0.25) is 5.91 Å². The van der Waals surface area contributed by atoms with Crippen LogP contribution in [0.2, 0.25) is 0 Å². The van der Waals surface area contributed by atoms with Gasteiger partial charge in [0.1, 0.15) is 11.6 Å². The summed E-state index contributed by atoms with van der Waals surface area (Å²) in [6.07, 6.45) is -0.165. The van der Waals surface area contributed by atoms with Crippen molar-refractivity contribution >= 4 is 50.4 Å². The number of unbranched alkanes of at least 4 members (excludes halogenated alkanes) is 1. The van der Waals surface area contributed by atoms with Gasteiger partial charge in [0, 0.05) is 23.2 Å². The standard InChI is InChI=1S/C27H34N6O6S2/c1-27(2,3)39-26(36)33-41(37,38)28-17-11-10-16-21(30-24(35)29-20-14-8-5-9-15-20)23(34)32-25-31-22(18-40-25)19-12-6-4-7-13-19/h4-9,12-15,18,21,28H,10-11,16-17H2,1-3H3,(H,33,36)(H2,29,30,35)(H,31,32,34)/t21-/m0/s1. The number of hydrogen-bond donors (Lipinski definition) is 5. The van der Waals surface area contributed by atoms with Crippen LogP contribution in [0.15, 0.2) is 66.0 Å². The first kappa shape index (κ1) is 31.5. The minimum Gasteiger partial charge on any atom is -0.443 e. The summed E-state index contributed by atoms with van der Waals surface area (Å²) in [4.78, 5) is 42.0. The van der Waals surface area contributed by atoms with Crippen molar-refractivity contribution in [1.29, 1.82) is 0 Å². The summed E-state index contributed by atoms with van der Waals surface area (Å²) >= 11 is 1.26. The number of amides is 4. The van der Waals surface area contributed by atoms with Gasteiger partial charge in [-0.15, -0.1) is 11.3 Å². The van der Waals surface area contributed by atoms with Gasteiger partial charge in [-0.3, -0.25) is 4.79 Å². The van der Waals surface area contributed by atoms with E-state index in [9.17, 15) is 22.8 Å². The summed E-state index contributed by atoms with van der Waals surface area (Å²) in [6.45, 7) is 4.84. The maximum absolute atomic E-state index is 13.1. The molecular formula is C27H34N6O6S2. The van der Waals surface area contributed by atoms with E-state index in [-0.39, 0.29) is 13.0 Å². The van der Waals surface area contributed by atoms with Crippen LogP contribution in [0, 0.1) is 0 Å². The first-order valence-electron chi connectivity index (χ1n) is 12.8. The van der Waals surface area contributed by atoms with Crippen molar-refractivity contribution in [1.82, 2.24) is 19.7 Å². The minimum atomic E-state index is -4.13. The van der Waals surface area contributed by atoms with Crippen LogP contribution in [0.3, 0.4) is 0 Å². The second kappa shape index (κ2) is 14.6. The Hall–Kier alpha value is -4.01. The maximum Gasteiger partial charge on any atom is 0.422 e. The van der Waals surface area contributed by atoms with Gasteiger partial charge in [0.05, 0.1) is 5.69 Å². The van der Waals surface area contributed by atoms with Crippen molar-refractivity contribution < 1.29 is 27.5 Å². The Bertz CT molecular complexity index is 1410. The number of thiazole rings is 1. The molecule has 3 rings (SSSR count). The number of urea groups is 1. The zero-order chi connectivity index (χ0) is 29.9. The van der Waals surface area contributed by atoms with Crippen molar-refractivity contribution in [3.05, 3.63) is 66.0 Å². The summed E-state index contributed by atoms with van der Waals surface area (Å²) in [5.41, 5.74) is 1.33. The number of benzene rings is 2. The third-order valence-electron chi connectivity index (χ3n) is 5.29. The number of nitrogens with zero attached hydrogens (tertiary/aromatic N) is 1. The molecule has 2 aromatic carbocycles. The molecule has 1 atom stereocenters. The Morgan fingerprint density at radius 2 is 1.61 bits per heavy atom. The smallest absolute Gasteiger partial charge is 0.422 e. The highest BCUT2D eigenvalue weighted by atomic mass is 32.2. The molecule has 0 aliphatic carbocycles. The molecule has 0 saturated heterocycles. The number of anilines is 2. The average molecular weight is 603 g/mol. The fourth-order valence-electron chi connectivity index (χ4n) is 3.51. The second-order valence-electron chi connectivity index (χ2n) is 9.91. The molecule has 0 aliphatic rings. The van der Waals surface area contributed by atoms with E-state index in [1.807, 2.05) is 41.8 Å². The molecule has 4 amide bonds. The molecule has 0 spiro atoms. The van der Waals surface area contributed by atoms with Crippen molar-refractivity contribution in [3.8, 4) is 11.3 Å². The predicted molar refractivity (Wildman–Crippen MR) is 159 cm³/mol. The lowest BCUT2D eigenvalue weighted by atomic mass is 10.1. The van der Waals surface area contributed by atoms with Crippen LogP contribution < -0.4 is 25.4 Å². The average Bonchev–Trinajstić information content (AvgIpc) is 3.35. The molecule has 41 heavy (non-hydrogen) atoms. The Balaban J connectivity index is 1.56. The maximum atomic E-state index is 13.1. The number of aromatic nitrogens is 1. The van der Waals surface area contributed by atoms with Gasteiger partial charge in [0.25, 0.3) is 0 Å². The summed E-state index contributed by atoms with van der Waals surface area (Å²) < 4.78 is 33.2. The zero-order valence-corrected chi connectivity index (χ0v) is 24.6. The molecule has 0 radical (unpaired) electrons. The number of rotatable bonds is 12. The Morgan fingerprint density at radius 3 is 2.27 bits per heavy atom. The summed E-state index contributed by atoms with van der Waals surface area (Å²) in [5, 5.41) is 10.3. The first-order chi connectivity index (χ1) is 19.4. The van der Waals surface area contributed by atoms with Gasteiger partial charge in [-0.05, 0) is 52.2 Å². The number of nitrogens with one attached hydrogen (secondary N) is 5. The third kappa shape index (κ3) is 11.6. The zero-order valence-electron chi connectivity index (χ0n) is 23.0. The molecule has 3 aromatic rings. The molecule has 0 aliphatic heterocycles. The molecule has 220 valence electrons. The van der Waals surface area contributed by atoms with Crippen LogP contribution >= 0.6 is 11.3 Å². The molecule has 0 bridgehead atoms. The lowest BCUT2D eigenvalue weighted by Crippen LogP contribution is -2.45. The van der Waals surface area contributed by atoms with Crippen LogP contribution in [-0.2, 0) is 19.7 Å². The normalized spacial score (nSPS) is 12.2. The second-order valence-corrected chi connectivity index (χ2v) is 12.3. The van der Waals surface area contributed by atoms with Crippen LogP contribution in [0.5, 0.6) is 0 Å². The van der Waals surface area contributed by atoms with Crippen LogP contribution in [-0.4, -0.2) is 49.6 Å². The molecule has 12 nitrogen and oxygen atoms in total. The topological polar surface area (TPSA) is 168 Å². The SMILES string of the molecule is CC(C)(C)OC(=O)NS(=O)(=O)NCCCC[C@H](NC(=O)Nc1ccccc1)C(=O)Nc1nc(-c2ccccc2)cs1. The number of carbonyl (C=O) groups is 3. The van der Waals surface area contributed by atoms with Gasteiger partial charge < -0.3 is 20.7 Å². The molecule has 1 aromatic heterocycles. The van der Waals surface area contributed by atoms with Gasteiger partial charge >= 0.3 is 22.3 Å². The van der Waals surface area contributed by atoms with Gasteiger partial charge in [-0.2, -0.15) is 13.1 Å². The Morgan fingerprint density at radius 1 is 0.951 bits per heavy atom. The Kier molecular flexibility index (Phi) is 11.2. The van der Waals surface area contributed by atoms with Crippen molar-refractivity contribution in [3.63, 3.8) is 0 Å². The summed E-state index contributed by atoms with van der Waals surface area (Å²) in [7, 11) is -4.13. The van der Waals surface area contributed by atoms with Gasteiger partial charge in [0.15, 0.2) is 5.13 Å². The molecule has 1 heterocycles. The monoisotopic (exact) mass is 602 g/mol. The van der Waals surface area contributed by atoms with E-state index in [0.717, 1.165) is 5.56 Å². The van der Waals surface area contributed by atoms with E-state index in [1.54, 1.807) is 49.8 Å². The number of hydrogen-bond acceptors (Lipinski definition) is 8. The third-order valence-corrected chi connectivity index (χ3v) is 7.06. The van der Waals surface area contributed by atoms with Crippen LogP contribution in [0.1, 0.15) is 40.0 Å². The fourth-order valence-corrected chi connectivity index (χ4v) is 4.97. The molecule has 5 N–H and O–H groups in total. The van der Waals surface area contributed by atoms with E-state index in [0.29, 0.717) is 29.4 Å². The van der Waals surface area contributed by atoms with E-state index < -0.39 is 39.9 Å². The van der Waals surface area contributed by atoms with E-state index in [4.69, 9.17) is 4.74 Å². The molecule has 14 heteroatoms. The van der Waals surface area contributed by atoms with E-state index in [1.165, 1.54) is 11.3 Å². The number of para-hydroxylation sites is 1. The fraction of sp³-hybridized carbons (Fsp3) is 0.333. The molecular weight excluding hydrogens is 568 g/mol. The Labute approximate surface area is 243 Å². The highest BCUT2D eigenvalue weighted by Crippen LogP contribution is 2.24. The first-order valence-corrected chi connectivity index (χ1v) is 15.2. The van der Waals surface area contributed by atoms with Gasteiger partial charge in [-0.1, -0.05) is 48.5 Å². The lowest BCUT2D eigenvalue weighted by Gasteiger charge is -2.20. The molecule has 0 fully saturated rings. The van der Waals surface area contributed by atoms with Crippen molar-refractivity contribution in [2.45, 2.75) is 51.7 Å². The predicted octanol–water partition coefficient (Wildman–Crippen LogP) is 4.47. The number of carbonyl (C=O) groups excluding carboxylic acids is 3. The lowest BCUT2D eigenvalue weighted by molar-refractivity contribution is -0.118. The van der Waals surface area contributed by atoms with Crippen molar-refractivity contribution in [2.75, 3.05) is 17.2 Å². The van der Waals surface area contributed by atoms with Crippen LogP contribution in [0.4, 0.5) is 20.4 Å². The van der Waals surface area contributed by atoms with Gasteiger partial charge in [-0.25, -0.2) is 19.3 Å². The molecule has 0 saturated carbocycles. The summed E-state index contributed by atoms with van der Waals surface area (Å²) in [5.74, 6) is -0.464. The minimum absolute atomic E-state index is 0.00437. The highest BCUT2D eigenvalue weighted by molar-refractivity contribution is 7.88. The van der Waals surface area contributed by atoms with Crippen molar-refractivity contribution in [2.24, 2.45) is 0 Å². The largest absolute Gasteiger partial charge is 0.443 e. The highest BCUT2D eigenvalue weighted by Gasteiger charge is 2.23. The quantitative estimate of drug-likeness (QED) is 0.191.